The molecule has 0 fully saturated rings. The minimum Gasteiger partial charge on any atom is -0.493 e. The number of rotatable bonds is 12. The highest BCUT2D eigenvalue weighted by molar-refractivity contribution is 6.04. The molecule has 10 heteroatoms. The predicted octanol–water partition coefficient (Wildman–Crippen LogP) is 5.42. The van der Waals surface area contributed by atoms with Crippen LogP contribution < -0.4 is 25.0 Å². The SMILES string of the molecule is CCC(C)(C)NC(=O)[C@H](c1cccc(OC)c1OC)N(C(=O)CCC(=O)Nc1cc(C)on1)c1ccc(C)cc1C. The fourth-order valence-electron chi connectivity index (χ4n) is 4.48. The van der Waals surface area contributed by atoms with Gasteiger partial charge in [0, 0.05) is 35.7 Å². The molecule has 220 valence electrons. The number of aromatic nitrogens is 1. The lowest BCUT2D eigenvalue weighted by Crippen LogP contribution is -2.50. The van der Waals surface area contributed by atoms with Gasteiger partial charge >= 0.3 is 0 Å². The number of hydrogen-bond acceptors (Lipinski definition) is 7. The second-order valence-electron chi connectivity index (χ2n) is 10.6. The van der Waals surface area contributed by atoms with Crippen LogP contribution in [0.1, 0.15) is 68.5 Å². The summed E-state index contributed by atoms with van der Waals surface area (Å²) in [5.74, 6) is 0.375. The van der Waals surface area contributed by atoms with Gasteiger partial charge < -0.3 is 24.6 Å². The van der Waals surface area contributed by atoms with Crippen LogP contribution in [0.5, 0.6) is 11.5 Å². The van der Waals surface area contributed by atoms with Crippen LogP contribution in [-0.2, 0) is 14.4 Å². The normalized spacial score (nSPS) is 11.9. The summed E-state index contributed by atoms with van der Waals surface area (Å²) < 4.78 is 16.2. The van der Waals surface area contributed by atoms with Crippen LogP contribution in [-0.4, -0.2) is 42.6 Å². The van der Waals surface area contributed by atoms with Gasteiger partial charge in [-0.2, -0.15) is 0 Å². The number of anilines is 2. The lowest BCUT2D eigenvalue weighted by Gasteiger charge is -2.36. The van der Waals surface area contributed by atoms with E-state index in [0.717, 1.165) is 11.1 Å². The molecule has 0 unspecified atom stereocenters. The quantitative estimate of drug-likeness (QED) is 0.301. The Balaban J connectivity index is 2.11. The van der Waals surface area contributed by atoms with Gasteiger partial charge in [-0.1, -0.05) is 41.9 Å². The van der Waals surface area contributed by atoms with Crippen LogP contribution in [0.25, 0.3) is 0 Å². The molecule has 1 aromatic heterocycles. The average molecular weight is 565 g/mol. The first-order valence-electron chi connectivity index (χ1n) is 13.6. The van der Waals surface area contributed by atoms with Gasteiger partial charge in [-0.15, -0.1) is 0 Å². The van der Waals surface area contributed by atoms with Crippen LogP contribution in [0.2, 0.25) is 0 Å². The molecule has 1 atom stereocenters. The zero-order chi connectivity index (χ0) is 30.3. The number of methoxy groups -OCH3 is 2. The van der Waals surface area contributed by atoms with Crippen molar-refractivity contribution >= 4 is 29.2 Å². The monoisotopic (exact) mass is 564 g/mol. The Morgan fingerprint density at radius 2 is 1.76 bits per heavy atom. The molecule has 0 saturated heterocycles. The first kappa shape index (κ1) is 31.2. The Hall–Kier alpha value is -4.34. The molecule has 0 bridgehead atoms. The lowest BCUT2D eigenvalue weighted by atomic mass is 9.96. The molecule has 0 saturated carbocycles. The maximum absolute atomic E-state index is 14.2. The zero-order valence-electron chi connectivity index (χ0n) is 25.1. The molecule has 0 spiro atoms. The van der Waals surface area contributed by atoms with Crippen LogP contribution in [0.15, 0.2) is 47.0 Å². The lowest BCUT2D eigenvalue weighted by molar-refractivity contribution is -0.128. The minimum atomic E-state index is -1.12. The summed E-state index contributed by atoms with van der Waals surface area (Å²) in [6.07, 6.45) is 0.374. The average Bonchev–Trinajstić information content (AvgIpc) is 3.34. The molecule has 0 aliphatic rings. The summed E-state index contributed by atoms with van der Waals surface area (Å²) in [6, 6.07) is 11.3. The molecule has 2 N–H and O–H groups in total. The van der Waals surface area contributed by atoms with Crippen molar-refractivity contribution in [1.29, 1.82) is 0 Å². The molecular formula is C31H40N4O6. The van der Waals surface area contributed by atoms with Crippen molar-refractivity contribution < 1.29 is 28.4 Å². The van der Waals surface area contributed by atoms with E-state index in [-0.39, 0.29) is 24.6 Å². The van der Waals surface area contributed by atoms with Crippen molar-refractivity contribution in [3.05, 3.63) is 64.9 Å². The Labute approximate surface area is 241 Å². The third-order valence-electron chi connectivity index (χ3n) is 6.92. The van der Waals surface area contributed by atoms with Gasteiger partial charge in [0.05, 0.1) is 14.2 Å². The smallest absolute Gasteiger partial charge is 0.248 e. The Kier molecular flexibility index (Phi) is 10.2. The Bertz CT molecular complexity index is 1400. The van der Waals surface area contributed by atoms with E-state index in [1.807, 2.05) is 52.8 Å². The van der Waals surface area contributed by atoms with E-state index < -0.39 is 23.4 Å². The molecule has 0 aliphatic carbocycles. The topological polar surface area (TPSA) is 123 Å². The molecule has 10 nitrogen and oxygen atoms in total. The van der Waals surface area contributed by atoms with Gasteiger partial charge in [0.2, 0.25) is 17.7 Å². The third kappa shape index (κ3) is 7.65. The van der Waals surface area contributed by atoms with Crippen molar-refractivity contribution in [3.63, 3.8) is 0 Å². The number of benzene rings is 2. The number of para-hydroxylation sites is 1. The van der Waals surface area contributed by atoms with Gasteiger partial charge in [0.25, 0.3) is 0 Å². The van der Waals surface area contributed by atoms with Gasteiger partial charge in [0.15, 0.2) is 17.3 Å². The summed E-state index contributed by atoms with van der Waals surface area (Å²) in [4.78, 5) is 42.4. The summed E-state index contributed by atoms with van der Waals surface area (Å²) in [7, 11) is 3.00. The fraction of sp³-hybridized carbons (Fsp3) is 0.419. The molecule has 3 aromatic rings. The predicted molar refractivity (Wildman–Crippen MR) is 157 cm³/mol. The van der Waals surface area contributed by atoms with E-state index in [1.54, 1.807) is 31.2 Å². The standard InChI is InChI=1S/C31H40N4O6/c1-9-31(5,6)33-30(38)28(22-11-10-12-24(39-7)29(22)40-8)35(23-14-13-19(2)17-20(23)3)27(37)16-15-26(36)32-25-18-21(4)41-34-25/h10-14,17-18,28H,9,15-16H2,1-8H3,(H,33,38)(H,32,34,36)/t28-/m0/s1. The highest BCUT2D eigenvalue weighted by Gasteiger charge is 2.38. The highest BCUT2D eigenvalue weighted by Crippen LogP contribution is 2.40. The molecule has 2 aromatic carbocycles. The number of hydrogen-bond donors (Lipinski definition) is 2. The van der Waals surface area contributed by atoms with Gasteiger partial charge in [-0.05, 0) is 58.7 Å². The van der Waals surface area contributed by atoms with Gasteiger partial charge in [0.1, 0.15) is 11.8 Å². The summed E-state index contributed by atoms with van der Waals surface area (Å²) in [6.45, 7) is 11.4. The van der Waals surface area contributed by atoms with Crippen molar-refractivity contribution in [2.24, 2.45) is 0 Å². The molecule has 3 amide bonds. The largest absolute Gasteiger partial charge is 0.493 e. The van der Waals surface area contributed by atoms with E-state index in [2.05, 4.69) is 15.8 Å². The maximum Gasteiger partial charge on any atom is 0.248 e. The van der Waals surface area contributed by atoms with Gasteiger partial charge in [-0.3, -0.25) is 19.3 Å². The Morgan fingerprint density at radius 3 is 2.34 bits per heavy atom. The number of nitrogens with zero attached hydrogens (tertiary/aromatic N) is 2. The van der Waals surface area contributed by atoms with E-state index in [1.165, 1.54) is 19.1 Å². The summed E-state index contributed by atoms with van der Waals surface area (Å²) in [5, 5.41) is 9.52. The van der Waals surface area contributed by atoms with Crippen LogP contribution in [0.3, 0.4) is 0 Å². The van der Waals surface area contributed by atoms with E-state index in [4.69, 9.17) is 14.0 Å². The summed E-state index contributed by atoms with van der Waals surface area (Å²) in [5.41, 5.74) is 2.26. The Morgan fingerprint density at radius 1 is 1.02 bits per heavy atom. The third-order valence-corrected chi connectivity index (χ3v) is 6.92. The van der Waals surface area contributed by atoms with Crippen LogP contribution in [0.4, 0.5) is 11.5 Å². The molecule has 0 radical (unpaired) electrons. The van der Waals surface area contributed by atoms with Crippen molar-refractivity contribution in [3.8, 4) is 11.5 Å². The van der Waals surface area contributed by atoms with E-state index in [9.17, 15) is 14.4 Å². The maximum atomic E-state index is 14.2. The number of ether oxygens (including phenoxy) is 2. The molecule has 41 heavy (non-hydrogen) atoms. The number of carbonyl (C=O) groups excluding carboxylic acids is 3. The van der Waals surface area contributed by atoms with Crippen LogP contribution >= 0.6 is 0 Å². The molecular weight excluding hydrogens is 524 g/mol. The first-order valence-corrected chi connectivity index (χ1v) is 13.6. The second-order valence-corrected chi connectivity index (χ2v) is 10.6. The first-order chi connectivity index (χ1) is 19.4. The van der Waals surface area contributed by atoms with E-state index in [0.29, 0.717) is 34.9 Å². The number of nitrogens with one attached hydrogen (secondary N) is 2. The number of aryl methyl sites for hydroxylation is 3. The minimum absolute atomic E-state index is 0.129. The summed E-state index contributed by atoms with van der Waals surface area (Å²) >= 11 is 0. The van der Waals surface area contributed by atoms with Crippen molar-refractivity contribution in [1.82, 2.24) is 10.5 Å². The number of carbonyl (C=O) groups is 3. The zero-order valence-corrected chi connectivity index (χ0v) is 25.1. The fourth-order valence-corrected chi connectivity index (χ4v) is 4.48. The molecule has 3 rings (SSSR count). The van der Waals surface area contributed by atoms with Crippen molar-refractivity contribution in [2.75, 3.05) is 24.4 Å². The molecule has 1 heterocycles. The second kappa shape index (κ2) is 13.3. The van der Waals surface area contributed by atoms with Gasteiger partial charge in [-0.25, -0.2) is 0 Å². The van der Waals surface area contributed by atoms with Crippen molar-refractivity contribution in [2.45, 2.75) is 72.4 Å². The van der Waals surface area contributed by atoms with E-state index >= 15 is 0 Å². The van der Waals surface area contributed by atoms with Crippen LogP contribution in [0, 0.1) is 20.8 Å². The molecule has 0 aliphatic heterocycles. The highest BCUT2D eigenvalue weighted by atomic mass is 16.5. The number of amides is 3.